The molecule has 0 unspecified atom stereocenters. The molecule has 2 fully saturated rings. The Bertz CT molecular complexity index is 1880. The fourth-order valence-electron chi connectivity index (χ4n) is 8.10. The third kappa shape index (κ3) is 4.85. The number of benzene rings is 2. The van der Waals surface area contributed by atoms with Gasteiger partial charge in [-0.15, -0.1) is 5.54 Å². The van der Waals surface area contributed by atoms with Crippen LogP contribution < -0.4 is 4.90 Å². The lowest BCUT2D eigenvalue weighted by Gasteiger charge is -2.48. The van der Waals surface area contributed by atoms with E-state index in [2.05, 4.69) is 67.9 Å². The lowest BCUT2D eigenvalue weighted by Crippen LogP contribution is -2.62. The third-order valence-electron chi connectivity index (χ3n) is 10.3. The fraction of sp³-hybridized carbons (Fsp3) is 0.417. The van der Waals surface area contributed by atoms with E-state index >= 15 is 8.78 Å². The molecule has 6 rings (SSSR count). The summed E-state index contributed by atoms with van der Waals surface area (Å²) in [5, 5.41) is 11.4. The predicted octanol–water partition coefficient (Wildman–Crippen LogP) is 8.55. The second-order valence-corrected chi connectivity index (χ2v) is 19.1. The lowest BCUT2D eigenvalue weighted by atomic mass is 9.94. The number of likely N-dealkylation sites (tertiary alicyclic amines) is 1. The van der Waals surface area contributed by atoms with Crippen LogP contribution in [0.25, 0.3) is 32.9 Å². The van der Waals surface area contributed by atoms with Gasteiger partial charge in [0, 0.05) is 41.3 Å². The molecule has 0 spiro atoms. The number of amides is 1. The number of hydrogen-bond acceptors (Lipinski definition) is 4. The van der Waals surface area contributed by atoms with Gasteiger partial charge in [-0.1, -0.05) is 71.7 Å². The van der Waals surface area contributed by atoms with Gasteiger partial charge in [-0.3, -0.25) is 4.98 Å². The Morgan fingerprint density at radius 2 is 1.76 bits per heavy atom. The zero-order valence-electron chi connectivity index (χ0n) is 26.9. The van der Waals surface area contributed by atoms with Gasteiger partial charge in [0.05, 0.1) is 23.3 Å². The lowest BCUT2D eigenvalue weighted by molar-refractivity contribution is 0.129. The van der Waals surface area contributed by atoms with Crippen LogP contribution in [0, 0.1) is 30.0 Å². The first-order valence-electron chi connectivity index (χ1n) is 15.8. The van der Waals surface area contributed by atoms with Gasteiger partial charge in [0.2, 0.25) is 0 Å². The maximum atomic E-state index is 16.6. The molecule has 0 radical (unpaired) electrons. The zero-order chi connectivity index (χ0) is 32.4. The molecule has 234 valence electrons. The van der Waals surface area contributed by atoms with E-state index in [1.807, 2.05) is 25.1 Å². The molecule has 1 amide bonds. The Morgan fingerprint density at radius 1 is 1.04 bits per heavy atom. The van der Waals surface area contributed by atoms with Crippen molar-refractivity contribution in [2.45, 2.75) is 83.6 Å². The topological polar surface area (TPSA) is 69.6 Å². The standard InChI is InChI=1S/C36H40F2N4O2Si/c1-20(2)45(21(3)4,22(5)6)16-14-25-28(37)12-11-24-9-8-10-26(32(24)25)34-33(38)35-27(18-39-34)30(17-23(7)40-35)42-19-31-29(42)13-15-41(31)36(43)44/h8-12,17-18,20-22,29,31H,13,15,19H2,1-7H3,(H,43,44)/t29-,31-/m1/s1. The molecule has 2 aliphatic heterocycles. The zero-order valence-corrected chi connectivity index (χ0v) is 27.9. The van der Waals surface area contributed by atoms with E-state index in [4.69, 9.17) is 0 Å². The van der Waals surface area contributed by atoms with E-state index in [1.165, 1.54) is 11.0 Å². The number of anilines is 1. The SMILES string of the molecule is Cc1cc(N2C[C@@H]3[C@H]2CCN3C(=O)O)c2cnc(-c3cccc4ccc(F)c(C#C[Si](C(C)C)(C(C)C)C(C)C)c34)c(F)c2n1. The highest BCUT2D eigenvalue weighted by Crippen LogP contribution is 2.43. The molecule has 0 saturated carbocycles. The van der Waals surface area contributed by atoms with E-state index in [1.54, 1.807) is 18.3 Å². The van der Waals surface area contributed by atoms with Crippen molar-refractivity contribution in [2.75, 3.05) is 18.0 Å². The van der Waals surface area contributed by atoms with Crippen LogP contribution in [-0.4, -0.2) is 59.3 Å². The van der Waals surface area contributed by atoms with Gasteiger partial charge in [-0.25, -0.2) is 18.6 Å². The van der Waals surface area contributed by atoms with Crippen LogP contribution in [0.15, 0.2) is 42.6 Å². The second kappa shape index (κ2) is 11.4. The summed E-state index contributed by atoms with van der Waals surface area (Å²) in [6.45, 7) is 16.2. The summed E-state index contributed by atoms with van der Waals surface area (Å²) >= 11 is 0. The van der Waals surface area contributed by atoms with Gasteiger partial charge < -0.3 is 14.9 Å². The van der Waals surface area contributed by atoms with Crippen molar-refractivity contribution in [1.29, 1.82) is 0 Å². The molecular weight excluding hydrogens is 587 g/mol. The third-order valence-corrected chi connectivity index (χ3v) is 16.6. The number of aromatic nitrogens is 2. The van der Waals surface area contributed by atoms with Crippen molar-refractivity contribution in [3.63, 3.8) is 0 Å². The van der Waals surface area contributed by atoms with Crippen molar-refractivity contribution in [1.82, 2.24) is 14.9 Å². The summed E-state index contributed by atoms with van der Waals surface area (Å²) in [5.74, 6) is 2.30. The van der Waals surface area contributed by atoms with E-state index in [0.29, 0.717) is 58.2 Å². The average molecular weight is 627 g/mol. The molecule has 0 bridgehead atoms. The number of carbonyl (C=O) groups is 1. The molecule has 45 heavy (non-hydrogen) atoms. The summed E-state index contributed by atoms with van der Waals surface area (Å²) in [6, 6.07) is 10.5. The second-order valence-electron chi connectivity index (χ2n) is 13.5. The van der Waals surface area contributed by atoms with Gasteiger partial charge in [0.1, 0.15) is 25.1 Å². The monoisotopic (exact) mass is 626 g/mol. The van der Waals surface area contributed by atoms with Crippen LogP contribution in [0.1, 0.15) is 59.2 Å². The molecule has 2 aliphatic rings. The fourth-order valence-corrected chi connectivity index (χ4v) is 13.3. The van der Waals surface area contributed by atoms with E-state index in [-0.39, 0.29) is 28.9 Å². The summed E-state index contributed by atoms with van der Waals surface area (Å²) < 4.78 is 32.3. The highest BCUT2D eigenvalue weighted by atomic mass is 28.3. The number of fused-ring (bicyclic) bond motifs is 3. The van der Waals surface area contributed by atoms with Gasteiger partial charge in [-0.05, 0) is 47.5 Å². The molecule has 2 aromatic carbocycles. The van der Waals surface area contributed by atoms with Crippen LogP contribution in [-0.2, 0) is 0 Å². The number of aryl methyl sites for hydroxylation is 1. The van der Waals surface area contributed by atoms with E-state index in [0.717, 1.165) is 11.1 Å². The number of hydrogen-bond donors (Lipinski definition) is 1. The minimum absolute atomic E-state index is 0.0363. The Labute approximate surface area is 264 Å². The first kappa shape index (κ1) is 31.0. The molecule has 0 aliphatic carbocycles. The molecular formula is C36H40F2N4O2Si. The Hall–Kier alpha value is -4.03. The van der Waals surface area contributed by atoms with Crippen LogP contribution in [0.4, 0.5) is 19.3 Å². The first-order valence-corrected chi connectivity index (χ1v) is 18.1. The number of carboxylic acid groups (broad SMARTS) is 1. The van der Waals surface area contributed by atoms with Crippen molar-refractivity contribution in [3.05, 3.63) is 65.5 Å². The summed E-state index contributed by atoms with van der Waals surface area (Å²) in [6.07, 6.45) is 1.45. The van der Waals surface area contributed by atoms with Gasteiger partial charge in [0.25, 0.3) is 0 Å². The molecule has 4 heterocycles. The molecule has 4 aromatic rings. The van der Waals surface area contributed by atoms with Gasteiger partial charge >= 0.3 is 6.09 Å². The van der Waals surface area contributed by atoms with Crippen LogP contribution in [0.2, 0.25) is 16.6 Å². The number of nitrogens with zero attached hydrogens (tertiary/aromatic N) is 4. The Morgan fingerprint density at radius 3 is 2.42 bits per heavy atom. The van der Waals surface area contributed by atoms with Gasteiger partial charge in [-0.2, -0.15) is 0 Å². The van der Waals surface area contributed by atoms with Crippen molar-refractivity contribution in [3.8, 4) is 22.7 Å². The summed E-state index contributed by atoms with van der Waals surface area (Å²) in [7, 11) is -2.17. The summed E-state index contributed by atoms with van der Waals surface area (Å²) in [4.78, 5) is 24.5. The minimum atomic E-state index is -2.17. The average Bonchev–Trinajstić information content (AvgIpc) is 3.30. The molecule has 2 saturated heterocycles. The normalized spacial score (nSPS) is 18.1. The van der Waals surface area contributed by atoms with Crippen molar-refractivity contribution in [2.24, 2.45) is 0 Å². The van der Waals surface area contributed by atoms with Crippen LogP contribution >= 0.6 is 0 Å². The van der Waals surface area contributed by atoms with Crippen LogP contribution in [0.3, 0.4) is 0 Å². The number of pyridine rings is 2. The highest BCUT2D eigenvalue weighted by Gasteiger charge is 2.49. The molecule has 2 atom stereocenters. The largest absolute Gasteiger partial charge is 0.465 e. The van der Waals surface area contributed by atoms with Gasteiger partial charge in [0.15, 0.2) is 5.82 Å². The minimum Gasteiger partial charge on any atom is -0.465 e. The molecule has 2 aromatic heterocycles. The Kier molecular flexibility index (Phi) is 7.84. The van der Waals surface area contributed by atoms with Crippen molar-refractivity contribution >= 4 is 41.5 Å². The molecule has 1 N–H and O–H groups in total. The molecule has 6 nitrogen and oxygen atoms in total. The molecule has 9 heteroatoms. The maximum absolute atomic E-state index is 16.6. The van der Waals surface area contributed by atoms with Crippen LogP contribution in [0.5, 0.6) is 0 Å². The summed E-state index contributed by atoms with van der Waals surface area (Å²) in [5.41, 5.74) is 7.28. The first-order chi connectivity index (χ1) is 21.4. The number of rotatable bonds is 5. The smallest absolute Gasteiger partial charge is 0.407 e. The highest BCUT2D eigenvalue weighted by molar-refractivity contribution is 6.90. The quantitative estimate of drug-likeness (QED) is 0.178. The number of halogens is 2. The van der Waals surface area contributed by atoms with E-state index < -0.39 is 25.8 Å². The maximum Gasteiger partial charge on any atom is 0.407 e. The predicted molar refractivity (Wildman–Crippen MR) is 179 cm³/mol. The Balaban J connectivity index is 1.51. The van der Waals surface area contributed by atoms with E-state index in [9.17, 15) is 9.90 Å². The van der Waals surface area contributed by atoms with Crippen molar-refractivity contribution < 1.29 is 18.7 Å².